The largest absolute Gasteiger partial charge is 0.514 e. The van der Waals surface area contributed by atoms with Gasteiger partial charge in [-0.2, -0.15) is 0 Å². The van der Waals surface area contributed by atoms with Crippen molar-refractivity contribution in [1.82, 2.24) is 0 Å². The van der Waals surface area contributed by atoms with E-state index >= 15 is 0 Å². The van der Waals surface area contributed by atoms with Gasteiger partial charge in [-0.1, -0.05) is 26.3 Å². The summed E-state index contributed by atoms with van der Waals surface area (Å²) in [4.78, 5) is 49.2. The van der Waals surface area contributed by atoms with E-state index < -0.39 is 59.6 Å². The van der Waals surface area contributed by atoms with E-state index in [2.05, 4.69) is 0 Å². The molecule has 0 saturated carbocycles. The van der Waals surface area contributed by atoms with Gasteiger partial charge in [0.1, 0.15) is 29.5 Å². The summed E-state index contributed by atoms with van der Waals surface area (Å²) < 4.78 is 31.8. The lowest BCUT2D eigenvalue weighted by Crippen LogP contribution is -2.43. The molecule has 4 unspecified atom stereocenters. The van der Waals surface area contributed by atoms with Crippen molar-refractivity contribution >= 4 is 24.4 Å². The van der Waals surface area contributed by atoms with Crippen LogP contribution in [0, 0.1) is 5.92 Å². The molecule has 0 radical (unpaired) electrons. The summed E-state index contributed by atoms with van der Waals surface area (Å²) in [5.74, 6) is -3.32. The second-order valence-electron chi connectivity index (χ2n) is 11.9. The zero-order chi connectivity index (χ0) is 31.7. The Kier molecular flexibility index (Phi) is 12.9. The van der Waals surface area contributed by atoms with Crippen LogP contribution in [0.2, 0.25) is 0 Å². The zero-order valence-corrected chi connectivity index (χ0v) is 25.6. The van der Waals surface area contributed by atoms with Gasteiger partial charge in [-0.3, -0.25) is 4.79 Å². The first-order valence-corrected chi connectivity index (χ1v) is 13.5. The van der Waals surface area contributed by atoms with Crippen molar-refractivity contribution in [2.24, 2.45) is 11.7 Å². The zero-order valence-electron chi connectivity index (χ0n) is 25.6. The van der Waals surface area contributed by atoms with Gasteiger partial charge < -0.3 is 39.3 Å². The first-order valence-electron chi connectivity index (χ1n) is 13.5. The van der Waals surface area contributed by atoms with E-state index in [4.69, 9.17) is 34.2 Å². The number of nitrogens with two attached hydrogens (primary N) is 1. The van der Waals surface area contributed by atoms with Gasteiger partial charge in [0.2, 0.25) is 0 Å². The van der Waals surface area contributed by atoms with Gasteiger partial charge >= 0.3 is 24.4 Å². The van der Waals surface area contributed by atoms with Crippen molar-refractivity contribution in [2.45, 2.75) is 117 Å². The van der Waals surface area contributed by atoms with Crippen molar-refractivity contribution < 1.29 is 52.7 Å². The Hall–Kier alpha value is -3.54. The number of carbonyl (C=O) groups is 4. The Morgan fingerprint density at radius 1 is 0.829 bits per heavy atom. The number of hydrogen-bond acceptors (Lipinski definition) is 11. The highest BCUT2D eigenvalue weighted by atomic mass is 16.8. The van der Waals surface area contributed by atoms with E-state index in [0.29, 0.717) is 12.0 Å². The molecule has 0 spiro atoms. The van der Waals surface area contributed by atoms with Crippen LogP contribution >= 0.6 is 0 Å². The molecule has 0 aromatic heterocycles. The molecular formula is C29H45NO11. The van der Waals surface area contributed by atoms with Crippen LogP contribution in [0.15, 0.2) is 18.2 Å². The molecule has 5 atom stereocenters. The highest BCUT2D eigenvalue weighted by Crippen LogP contribution is 2.37. The molecule has 1 aromatic carbocycles. The molecule has 0 aliphatic rings. The fraction of sp³-hybridized carbons (Fsp3) is 0.655. The summed E-state index contributed by atoms with van der Waals surface area (Å²) in [6.45, 7) is 16.8. The van der Waals surface area contributed by atoms with Crippen LogP contribution in [0.4, 0.5) is 14.4 Å². The number of carboxylic acids is 1. The van der Waals surface area contributed by atoms with E-state index in [0.717, 1.165) is 6.42 Å². The average Bonchev–Trinajstić information content (AvgIpc) is 2.77. The molecule has 0 fully saturated rings. The van der Waals surface area contributed by atoms with E-state index in [9.17, 15) is 24.3 Å². The number of benzene rings is 1. The van der Waals surface area contributed by atoms with Gasteiger partial charge in [-0.15, -0.1) is 0 Å². The Morgan fingerprint density at radius 2 is 1.34 bits per heavy atom. The number of carbonyl (C=O) groups excluding carboxylic acids is 3. The molecule has 0 aliphatic heterocycles. The molecule has 41 heavy (non-hydrogen) atoms. The maximum atomic E-state index is 12.5. The standard InChI is InChI=1S/C29H45NO11/c1-11-12-16(2)36-25(33)37-18(4)17(3)22(23(30)24(31)32)19-13-14-20(38-26(34)40-28(5,6)7)21(15-19)39-27(35)41-29(8,9)10/h13-18,22-23H,11-12,30H2,1-10H3,(H,31,32)/t16?,17?,18?,22?,23-/m0/s1. The molecule has 0 bridgehead atoms. The number of hydrogen-bond donors (Lipinski definition) is 2. The van der Waals surface area contributed by atoms with Crippen LogP contribution < -0.4 is 15.2 Å². The molecule has 3 N–H and O–H groups in total. The van der Waals surface area contributed by atoms with Gasteiger partial charge in [-0.05, 0) is 79.5 Å². The number of ether oxygens (including phenoxy) is 6. The number of carboxylic acid groups (broad SMARTS) is 1. The summed E-state index contributed by atoms with van der Waals surface area (Å²) in [6.07, 6.45) is -2.72. The van der Waals surface area contributed by atoms with Crippen molar-refractivity contribution in [3.8, 4) is 11.5 Å². The lowest BCUT2D eigenvalue weighted by molar-refractivity contribution is -0.139. The molecule has 12 nitrogen and oxygen atoms in total. The second-order valence-corrected chi connectivity index (χ2v) is 11.9. The summed E-state index contributed by atoms with van der Waals surface area (Å²) >= 11 is 0. The average molecular weight is 584 g/mol. The molecule has 0 heterocycles. The SMILES string of the molecule is CCCC(C)OC(=O)OC(C)C(C)C(c1ccc(OC(=O)OC(C)(C)C)c(OC(=O)OC(C)(C)C)c1)[C@H](N)C(=O)O. The number of aliphatic carboxylic acids is 1. The first kappa shape index (κ1) is 35.5. The highest BCUT2D eigenvalue weighted by molar-refractivity contribution is 5.75. The minimum absolute atomic E-state index is 0.179. The third-order valence-corrected chi connectivity index (χ3v) is 5.77. The third kappa shape index (κ3) is 12.7. The molecule has 12 heteroatoms. The molecule has 0 saturated heterocycles. The number of rotatable bonds is 11. The Bertz CT molecular complexity index is 1060. The van der Waals surface area contributed by atoms with Crippen LogP contribution in [-0.4, -0.2) is 59.0 Å². The molecular weight excluding hydrogens is 538 g/mol. The van der Waals surface area contributed by atoms with Gasteiger partial charge in [0.25, 0.3) is 0 Å². The maximum absolute atomic E-state index is 12.5. The van der Waals surface area contributed by atoms with Crippen molar-refractivity contribution in [3.05, 3.63) is 23.8 Å². The topological polar surface area (TPSA) is 170 Å². The normalized spacial score (nSPS) is 15.4. The van der Waals surface area contributed by atoms with Crippen LogP contribution in [0.25, 0.3) is 0 Å². The van der Waals surface area contributed by atoms with E-state index in [1.807, 2.05) is 6.92 Å². The van der Waals surface area contributed by atoms with E-state index in [-0.39, 0.29) is 17.6 Å². The van der Waals surface area contributed by atoms with Gasteiger partial charge in [0.15, 0.2) is 11.5 Å². The van der Waals surface area contributed by atoms with Crippen molar-refractivity contribution in [3.63, 3.8) is 0 Å². The summed E-state index contributed by atoms with van der Waals surface area (Å²) in [5.41, 5.74) is 4.66. The Morgan fingerprint density at radius 3 is 1.80 bits per heavy atom. The Balaban J connectivity index is 3.44. The summed E-state index contributed by atoms with van der Waals surface area (Å²) in [6, 6.07) is 2.67. The molecule has 0 aliphatic carbocycles. The minimum Gasteiger partial charge on any atom is -0.480 e. The molecule has 0 amide bonds. The fourth-order valence-electron chi connectivity index (χ4n) is 3.82. The van der Waals surface area contributed by atoms with Crippen LogP contribution in [0.5, 0.6) is 11.5 Å². The lowest BCUT2D eigenvalue weighted by atomic mass is 9.79. The smallest absolute Gasteiger partial charge is 0.480 e. The monoisotopic (exact) mass is 583 g/mol. The molecule has 1 aromatic rings. The van der Waals surface area contributed by atoms with Gasteiger partial charge in [0.05, 0.1) is 0 Å². The minimum atomic E-state index is -1.45. The van der Waals surface area contributed by atoms with Crippen LogP contribution in [-0.2, 0) is 23.7 Å². The van der Waals surface area contributed by atoms with Crippen LogP contribution in [0.3, 0.4) is 0 Å². The third-order valence-electron chi connectivity index (χ3n) is 5.77. The molecule has 232 valence electrons. The van der Waals surface area contributed by atoms with Gasteiger partial charge in [-0.25, -0.2) is 14.4 Å². The van der Waals surface area contributed by atoms with Crippen molar-refractivity contribution in [1.29, 1.82) is 0 Å². The van der Waals surface area contributed by atoms with Gasteiger partial charge in [0, 0.05) is 11.8 Å². The quantitative estimate of drug-likeness (QED) is 0.173. The predicted molar refractivity (Wildman–Crippen MR) is 149 cm³/mol. The van der Waals surface area contributed by atoms with E-state index in [1.165, 1.54) is 18.2 Å². The van der Waals surface area contributed by atoms with Crippen molar-refractivity contribution in [2.75, 3.05) is 0 Å². The second kappa shape index (κ2) is 14.9. The predicted octanol–water partition coefficient (Wildman–Crippen LogP) is 6.18. The molecule has 1 rings (SSSR count). The fourth-order valence-corrected chi connectivity index (χ4v) is 3.82. The Labute approximate surface area is 241 Å². The highest BCUT2D eigenvalue weighted by Gasteiger charge is 2.36. The first-order chi connectivity index (χ1) is 18.7. The summed E-state index contributed by atoms with van der Waals surface area (Å²) in [7, 11) is 0. The lowest BCUT2D eigenvalue weighted by Gasteiger charge is -2.31. The maximum Gasteiger partial charge on any atom is 0.514 e. The summed E-state index contributed by atoms with van der Waals surface area (Å²) in [5, 5.41) is 9.78. The van der Waals surface area contributed by atoms with Crippen LogP contribution in [0.1, 0.15) is 93.6 Å². The van der Waals surface area contributed by atoms with E-state index in [1.54, 1.807) is 62.3 Å².